The molecule has 1 rings (SSSR count). The Labute approximate surface area is 92.5 Å². The quantitative estimate of drug-likeness (QED) is 0.774. The Morgan fingerprint density at radius 3 is 2.69 bits per heavy atom. The zero-order valence-electron chi connectivity index (χ0n) is 8.95. The van der Waals surface area contributed by atoms with Crippen molar-refractivity contribution < 1.29 is 9.53 Å². The van der Waals surface area contributed by atoms with Gasteiger partial charge in [-0.3, -0.25) is 4.79 Å². The minimum Gasteiger partial charge on any atom is -0.461 e. The lowest BCUT2D eigenvalue weighted by molar-refractivity contribution is 0.0517. The number of nitrogens with one attached hydrogen (secondary N) is 1. The van der Waals surface area contributed by atoms with Crippen molar-refractivity contribution in [3.63, 3.8) is 0 Å². The van der Waals surface area contributed by atoms with Crippen LogP contribution < -0.4 is 5.56 Å². The molecule has 1 aromatic rings. The first kappa shape index (κ1) is 11.9. The van der Waals surface area contributed by atoms with Gasteiger partial charge in [0, 0.05) is 0 Å². The maximum Gasteiger partial charge on any atom is 0.362 e. The van der Waals surface area contributed by atoms with Gasteiger partial charge in [-0.25, -0.2) is 9.78 Å². The van der Waals surface area contributed by atoms with E-state index in [4.69, 9.17) is 4.74 Å². The fourth-order valence-electron chi connectivity index (χ4n) is 1.13. The summed E-state index contributed by atoms with van der Waals surface area (Å²) in [5.41, 5.74) is -0.0630. The first-order valence-corrected chi connectivity index (χ1v) is 4.70. The molecule has 0 fully saturated rings. The Bertz CT molecular complexity index is 488. The molecular weight excluding hydrogens is 208 g/mol. The number of aromatic nitrogens is 2. The molecule has 1 heterocycles. The first-order valence-electron chi connectivity index (χ1n) is 4.70. The van der Waals surface area contributed by atoms with E-state index in [2.05, 4.69) is 23.1 Å². The second-order valence-corrected chi connectivity index (χ2v) is 2.84. The summed E-state index contributed by atoms with van der Waals surface area (Å²) in [6.07, 6.45) is 2.86. The van der Waals surface area contributed by atoms with Gasteiger partial charge in [0.2, 0.25) is 5.69 Å². The third-order valence-corrected chi connectivity index (χ3v) is 1.84. The van der Waals surface area contributed by atoms with Gasteiger partial charge in [0.05, 0.1) is 18.0 Å². The molecule has 5 nitrogen and oxygen atoms in total. The van der Waals surface area contributed by atoms with Crippen molar-refractivity contribution in [3.8, 4) is 0 Å². The number of rotatable bonds is 4. The molecule has 1 aromatic heterocycles. The Kier molecular flexibility index (Phi) is 3.77. The van der Waals surface area contributed by atoms with Gasteiger partial charge in [-0.15, -0.1) is 0 Å². The summed E-state index contributed by atoms with van der Waals surface area (Å²) in [6, 6.07) is 0. The largest absolute Gasteiger partial charge is 0.461 e. The molecule has 0 aliphatic rings. The molecule has 84 valence electrons. The van der Waals surface area contributed by atoms with Gasteiger partial charge in [0.25, 0.3) is 5.56 Å². The highest BCUT2D eigenvalue weighted by Crippen LogP contribution is 2.04. The van der Waals surface area contributed by atoms with Gasteiger partial charge < -0.3 is 9.72 Å². The predicted octanol–water partition coefficient (Wildman–Crippen LogP) is 1.23. The highest BCUT2D eigenvalue weighted by Gasteiger charge is 2.15. The molecule has 0 bridgehead atoms. The van der Waals surface area contributed by atoms with Crippen molar-refractivity contribution in [1.29, 1.82) is 0 Å². The molecule has 0 aromatic carbocycles. The molecule has 0 atom stereocenters. The van der Waals surface area contributed by atoms with Gasteiger partial charge in [0.15, 0.2) is 0 Å². The smallest absolute Gasteiger partial charge is 0.362 e. The van der Waals surface area contributed by atoms with Gasteiger partial charge in [-0.1, -0.05) is 13.2 Å². The van der Waals surface area contributed by atoms with E-state index in [0.29, 0.717) is 11.4 Å². The standard InChI is InChI=1S/C11H12N2O3/c1-4-7-8(5-2)13-10(14)9(12-7)11(15)16-6-3/h4-5H,1-2,6H2,3H3,(H,13,14). The van der Waals surface area contributed by atoms with Crippen LogP contribution in [0.15, 0.2) is 18.0 Å². The maximum absolute atomic E-state index is 11.5. The Balaban J connectivity index is 3.32. The van der Waals surface area contributed by atoms with Crippen LogP contribution in [0.1, 0.15) is 28.8 Å². The number of carbonyl (C=O) groups is 1. The van der Waals surface area contributed by atoms with E-state index in [-0.39, 0.29) is 12.3 Å². The zero-order valence-corrected chi connectivity index (χ0v) is 8.95. The van der Waals surface area contributed by atoms with Gasteiger partial charge in [-0.2, -0.15) is 0 Å². The van der Waals surface area contributed by atoms with E-state index in [1.807, 2.05) is 0 Å². The fraction of sp³-hybridized carbons (Fsp3) is 0.182. The average Bonchev–Trinajstić information content (AvgIpc) is 2.28. The van der Waals surface area contributed by atoms with Crippen LogP contribution in [0.3, 0.4) is 0 Å². The molecule has 0 unspecified atom stereocenters. The summed E-state index contributed by atoms with van der Waals surface area (Å²) >= 11 is 0. The number of H-pyrrole nitrogens is 1. The van der Waals surface area contributed by atoms with Crippen LogP contribution in [-0.2, 0) is 4.74 Å². The molecular formula is C11H12N2O3. The molecule has 0 radical (unpaired) electrons. The van der Waals surface area contributed by atoms with Crippen molar-refractivity contribution in [3.05, 3.63) is 40.6 Å². The fourth-order valence-corrected chi connectivity index (χ4v) is 1.13. The number of ether oxygens (including phenoxy) is 1. The van der Waals surface area contributed by atoms with E-state index in [1.54, 1.807) is 6.92 Å². The second-order valence-electron chi connectivity index (χ2n) is 2.84. The predicted molar refractivity (Wildman–Crippen MR) is 61.0 cm³/mol. The zero-order chi connectivity index (χ0) is 12.1. The summed E-state index contributed by atoms with van der Waals surface area (Å²) in [5, 5.41) is 0. The number of esters is 1. The molecule has 0 spiro atoms. The highest BCUT2D eigenvalue weighted by atomic mass is 16.5. The lowest BCUT2D eigenvalue weighted by atomic mass is 10.2. The van der Waals surface area contributed by atoms with Crippen molar-refractivity contribution in [1.82, 2.24) is 9.97 Å². The number of aromatic amines is 1. The van der Waals surface area contributed by atoms with E-state index in [1.165, 1.54) is 12.2 Å². The van der Waals surface area contributed by atoms with Crippen LogP contribution in [0.5, 0.6) is 0 Å². The lowest BCUT2D eigenvalue weighted by Gasteiger charge is -2.03. The third-order valence-electron chi connectivity index (χ3n) is 1.84. The molecule has 0 amide bonds. The summed E-state index contributed by atoms with van der Waals surface area (Å²) in [5.74, 6) is -0.748. The van der Waals surface area contributed by atoms with Crippen molar-refractivity contribution in [2.45, 2.75) is 6.92 Å². The first-order chi connectivity index (χ1) is 7.63. The summed E-state index contributed by atoms with van der Waals surface area (Å²) in [7, 11) is 0. The van der Waals surface area contributed by atoms with E-state index in [9.17, 15) is 9.59 Å². The minimum absolute atomic E-state index is 0.187. The van der Waals surface area contributed by atoms with Crippen molar-refractivity contribution >= 4 is 18.1 Å². The summed E-state index contributed by atoms with van der Waals surface area (Å²) < 4.78 is 4.70. The van der Waals surface area contributed by atoms with Gasteiger partial charge in [0.1, 0.15) is 0 Å². The second kappa shape index (κ2) is 5.06. The number of hydrogen-bond acceptors (Lipinski definition) is 4. The Morgan fingerprint density at radius 1 is 1.50 bits per heavy atom. The van der Waals surface area contributed by atoms with Crippen LogP contribution in [0.25, 0.3) is 12.2 Å². The van der Waals surface area contributed by atoms with Gasteiger partial charge in [-0.05, 0) is 19.1 Å². The van der Waals surface area contributed by atoms with Crippen molar-refractivity contribution in [2.24, 2.45) is 0 Å². The minimum atomic E-state index is -0.748. The lowest BCUT2D eigenvalue weighted by Crippen LogP contribution is -2.23. The topological polar surface area (TPSA) is 72.0 Å². The molecule has 0 aliphatic heterocycles. The molecule has 1 N–H and O–H groups in total. The van der Waals surface area contributed by atoms with E-state index < -0.39 is 11.5 Å². The normalized spacial score (nSPS) is 9.56. The molecule has 0 saturated heterocycles. The third kappa shape index (κ3) is 2.25. The summed E-state index contributed by atoms with van der Waals surface area (Å²) in [6.45, 7) is 8.89. The van der Waals surface area contributed by atoms with E-state index >= 15 is 0 Å². The monoisotopic (exact) mass is 220 g/mol. The highest BCUT2D eigenvalue weighted by molar-refractivity contribution is 5.87. The van der Waals surface area contributed by atoms with Crippen LogP contribution in [0.2, 0.25) is 0 Å². The van der Waals surface area contributed by atoms with Crippen LogP contribution in [0.4, 0.5) is 0 Å². The maximum atomic E-state index is 11.5. The van der Waals surface area contributed by atoms with Crippen LogP contribution in [0, 0.1) is 0 Å². The number of hydrogen-bond donors (Lipinski definition) is 1. The average molecular weight is 220 g/mol. The SMILES string of the molecule is C=Cc1nc(C(=O)OCC)c(=O)[nH]c1C=C. The molecule has 0 saturated carbocycles. The van der Waals surface area contributed by atoms with Gasteiger partial charge >= 0.3 is 5.97 Å². The van der Waals surface area contributed by atoms with Crippen LogP contribution in [-0.4, -0.2) is 22.5 Å². The summed E-state index contributed by atoms with van der Waals surface area (Å²) in [4.78, 5) is 29.2. The molecule has 16 heavy (non-hydrogen) atoms. The molecule has 5 heteroatoms. The number of nitrogens with zero attached hydrogens (tertiary/aromatic N) is 1. The number of carbonyl (C=O) groups excluding carboxylic acids is 1. The Hall–Kier alpha value is -2.17. The van der Waals surface area contributed by atoms with Crippen LogP contribution >= 0.6 is 0 Å². The van der Waals surface area contributed by atoms with Crippen molar-refractivity contribution in [2.75, 3.05) is 6.61 Å². The van der Waals surface area contributed by atoms with E-state index in [0.717, 1.165) is 0 Å². The molecule has 0 aliphatic carbocycles. The Morgan fingerprint density at radius 2 is 2.19 bits per heavy atom.